The number of ether oxygens (including phenoxy) is 3. The summed E-state index contributed by atoms with van der Waals surface area (Å²) in [4.78, 5) is 24.4. The number of alkyl halides is 2. The van der Waals surface area contributed by atoms with Crippen LogP contribution < -0.4 is 14.4 Å². The highest BCUT2D eigenvalue weighted by Crippen LogP contribution is 2.28. The Bertz CT molecular complexity index is 629. The number of hydrogen-bond acceptors (Lipinski definition) is 7. The highest BCUT2D eigenvalue weighted by atomic mass is 19.3. The normalized spacial score (nSPS) is 22.8. The van der Waals surface area contributed by atoms with Crippen molar-refractivity contribution in [2.45, 2.75) is 24.9 Å². The fraction of sp³-hybridized carbons (Fsp3) is 0.688. The molecule has 2 aliphatic rings. The van der Waals surface area contributed by atoms with Gasteiger partial charge in [-0.3, -0.25) is 4.79 Å². The first-order chi connectivity index (χ1) is 12.4. The molecule has 3 heterocycles. The summed E-state index contributed by atoms with van der Waals surface area (Å²) >= 11 is 0. The van der Waals surface area contributed by atoms with Gasteiger partial charge in [0, 0.05) is 32.5 Å². The Hall–Kier alpha value is -2.23. The van der Waals surface area contributed by atoms with E-state index < -0.39 is 12.0 Å². The van der Waals surface area contributed by atoms with Gasteiger partial charge in [0.1, 0.15) is 0 Å². The van der Waals surface area contributed by atoms with E-state index in [1.807, 2.05) is 0 Å². The molecule has 1 aromatic heterocycles. The smallest absolute Gasteiger partial charge is 0.253 e. The maximum absolute atomic E-state index is 13.3. The molecule has 8 nitrogen and oxygen atoms in total. The van der Waals surface area contributed by atoms with Gasteiger partial charge in [0.05, 0.1) is 33.4 Å². The molecule has 10 heteroatoms. The molecule has 0 bridgehead atoms. The molecule has 2 fully saturated rings. The first-order valence-electron chi connectivity index (χ1n) is 8.42. The number of aromatic nitrogens is 2. The number of halogens is 2. The number of nitrogens with zero attached hydrogens (tertiary/aromatic N) is 4. The van der Waals surface area contributed by atoms with Crippen molar-refractivity contribution in [3.05, 3.63) is 6.07 Å². The Kier molecular flexibility index (Phi) is 5.40. The van der Waals surface area contributed by atoms with Gasteiger partial charge in [-0.15, -0.1) is 0 Å². The van der Waals surface area contributed by atoms with Gasteiger partial charge >= 0.3 is 0 Å². The summed E-state index contributed by atoms with van der Waals surface area (Å²) < 4.78 is 42.4. The summed E-state index contributed by atoms with van der Waals surface area (Å²) in [7, 11) is 2.98. The third-order valence-electron chi connectivity index (χ3n) is 4.52. The number of anilines is 1. The fourth-order valence-corrected chi connectivity index (χ4v) is 2.98. The predicted molar refractivity (Wildman–Crippen MR) is 87.9 cm³/mol. The molecular weight excluding hydrogens is 350 g/mol. The van der Waals surface area contributed by atoms with Crippen LogP contribution in [0.15, 0.2) is 6.07 Å². The molecule has 144 valence electrons. The fourth-order valence-electron chi connectivity index (χ4n) is 2.98. The Labute approximate surface area is 150 Å². The number of carbonyl (C=O) groups is 1. The zero-order chi connectivity index (χ0) is 18.7. The van der Waals surface area contributed by atoms with E-state index >= 15 is 0 Å². The number of hydrogen-bond donors (Lipinski definition) is 0. The summed E-state index contributed by atoms with van der Waals surface area (Å²) in [6, 6.07) is 1.56. The molecule has 3 rings (SSSR count). The van der Waals surface area contributed by atoms with Crippen LogP contribution in [0.1, 0.15) is 12.8 Å². The highest BCUT2D eigenvalue weighted by Gasteiger charge is 2.38. The van der Waals surface area contributed by atoms with Crippen molar-refractivity contribution in [1.29, 1.82) is 0 Å². The lowest BCUT2D eigenvalue weighted by molar-refractivity contribution is -0.150. The van der Waals surface area contributed by atoms with Gasteiger partial charge in [-0.2, -0.15) is 9.97 Å². The highest BCUT2D eigenvalue weighted by molar-refractivity contribution is 5.82. The molecule has 0 N–H and O–H groups in total. The molecule has 0 aliphatic carbocycles. The molecule has 1 amide bonds. The third-order valence-corrected chi connectivity index (χ3v) is 4.52. The molecule has 1 unspecified atom stereocenters. The van der Waals surface area contributed by atoms with Crippen LogP contribution in [-0.2, 0) is 9.53 Å². The van der Waals surface area contributed by atoms with Crippen molar-refractivity contribution in [2.75, 3.05) is 51.9 Å². The second-order valence-electron chi connectivity index (χ2n) is 6.24. The minimum absolute atomic E-state index is 0.0369. The topological polar surface area (TPSA) is 77.0 Å². The number of methoxy groups -OCH3 is 2. The van der Waals surface area contributed by atoms with Crippen LogP contribution in [-0.4, -0.2) is 79.8 Å². The molecule has 1 aromatic rings. The summed E-state index contributed by atoms with van der Waals surface area (Å²) in [5, 5.41) is 0. The van der Waals surface area contributed by atoms with Crippen molar-refractivity contribution in [3.63, 3.8) is 0 Å². The first kappa shape index (κ1) is 18.6. The Balaban J connectivity index is 1.68. The number of amides is 1. The maximum atomic E-state index is 13.3. The Morgan fingerprint density at radius 3 is 2.38 bits per heavy atom. The lowest BCUT2D eigenvalue weighted by atomic mass is 10.1. The predicted octanol–water partition coefficient (Wildman–Crippen LogP) is 0.957. The largest absolute Gasteiger partial charge is 0.481 e. The second kappa shape index (κ2) is 7.56. The number of morpholine rings is 1. The van der Waals surface area contributed by atoms with Crippen molar-refractivity contribution in [2.24, 2.45) is 0 Å². The SMILES string of the molecule is COc1cc(OC)nc(N2CCOC(C(=O)N3CCC(F)(F)CC3)C2)n1. The molecule has 0 aromatic carbocycles. The average Bonchev–Trinajstić information content (AvgIpc) is 2.67. The van der Waals surface area contributed by atoms with E-state index in [-0.39, 0.29) is 38.4 Å². The number of carbonyl (C=O) groups excluding carboxylic acids is 1. The zero-order valence-electron chi connectivity index (χ0n) is 14.8. The number of likely N-dealkylation sites (tertiary alicyclic amines) is 1. The zero-order valence-corrected chi connectivity index (χ0v) is 14.8. The first-order valence-corrected chi connectivity index (χ1v) is 8.42. The van der Waals surface area contributed by atoms with Crippen molar-refractivity contribution >= 4 is 11.9 Å². The van der Waals surface area contributed by atoms with Gasteiger partial charge in [0.15, 0.2) is 6.10 Å². The summed E-state index contributed by atoms with van der Waals surface area (Å²) in [5.74, 6) is -1.91. The van der Waals surface area contributed by atoms with E-state index in [1.54, 1.807) is 11.0 Å². The van der Waals surface area contributed by atoms with Gasteiger partial charge in [-0.05, 0) is 0 Å². The van der Waals surface area contributed by atoms with Gasteiger partial charge < -0.3 is 24.0 Å². The molecule has 2 saturated heterocycles. The van der Waals surface area contributed by atoms with Crippen LogP contribution in [0.5, 0.6) is 11.8 Å². The molecule has 0 saturated carbocycles. The lowest BCUT2D eigenvalue weighted by Crippen LogP contribution is -2.53. The third kappa shape index (κ3) is 4.12. The van der Waals surface area contributed by atoms with E-state index in [9.17, 15) is 13.6 Å². The van der Waals surface area contributed by atoms with Crippen LogP contribution in [0.4, 0.5) is 14.7 Å². The number of rotatable bonds is 4. The summed E-state index contributed by atoms with van der Waals surface area (Å²) in [6.07, 6.45) is -1.37. The molecule has 0 radical (unpaired) electrons. The van der Waals surface area contributed by atoms with Crippen LogP contribution in [0.3, 0.4) is 0 Å². The van der Waals surface area contributed by atoms with Crippen molar-refractivity contribution < 1.29 is 27.8 Å². The van der Waals surface area contributed by atoms with Gasteiger partial charge in [-0.1, -0.05) is 0 Å². The summed E-state index contributed by atoms with van der Waals surface area (Å²) in [5.41, 5.74) is 0. The monoisotopic (exact) mass is 372 g/mol. The molecule has 0 spiro atoms. The molecule has 2 aliphatic heterocycles. The van der Waals surface area contributed by atoms with E-state index in [0.29, 0.717) is 30.9 Å². The van der Waals surface area contributed by atoms with Crippen LogP contribution in [0, 0.1) is 0 Å². The van der Waals surface area contributed by atoms with Gasteiger partial charge in [-0.25, -0.2) is 8.78 Å². The van der Waals surface area contributed by atoms with Crippen LogP contribution in [0.25, 0.3) is 0 Å². The van der Waals surface area contributed by atoms with E-state index in [4.69, 9.17) is 14.2 Å². The maximum Gasteiger partial charge on any atom is 0.253 e. The van der Waals surface area contributed by atoms with Crippen molar-refractivity contribution in [3.8, 4) is 11.8 Å². The van der Waals surface area contributed by atoms with E-state index in [0.717, 1.165) is 0 Å². The number of piperidine rings is 1. The van der Waals surface area contributed by atoms with Crippen molar-refractivity contribution in [1.82, 2.24) is 14.9 Å². The van der Waals surface area contributed by atoms with E-state index in [2.05, 4.69) is 9.97 Å². The lowest BCUT2D eigenvalue weighted by Gasteiger charge is -2.37. The van der Waals surface area contributed by atoms with E-state index in [1.165, 1.54) is 19.1 Å². The van der Waals surface area contributed by atoms with Gasteiger partial charge in [0.2, 0.25) is 17.7 Å². The van der Waals surface area contributed by atoms with Gasteiger partial charge in [0.25, 0.3) is 11.8 Å². The molecule has 1 atom stereocenters. The second-order valence-corrected chi connectivity index (χ2v) is 6.24. The van der Waals surface area contributed by atoms with Crippen LogP contribution >= 0.6 is 0 Å². The Morgan fingerprint density at radius 1 is 1.19 bits per heavy atom. The average molecular weight is 372 g/mol. The Morgan fingerprint density at radius 2 is 1.81 bits per heavy atom. The van der Waals surface area contributed by atoms with Crippen LogP contribution in [0.2, 0.25) is 0 Å². The minimum Gasteiger partial charge on any atom is -0.481 e. The standard InChI is InChI=1S/C16H22F2N4O4/c1-24-12-9-13(25-2)20-15(19-12)22-7-8-26-11(10-22)14(23)21-5-3-16(17,18)4-6-21/h9,11H,3-8,10H2,1-2H3. The minimum atomic E-state index is -2.69. The molecular formula is C16H22F2N4O4. The quantitative estimate of drug-likeness (QED) is 0.779. The summed E-state index contributed by atoms with van der Waals surface area (Å²) in [6.45, 7) is 1.12. The molecule has 26 heavy (non-hydrogen) atoms.